The fraction of sp³-hybridized carbons (Fsp3) is 0.297. The van der Waals surface area contributed by atoms with Crippen LogP contribution in [0, 0.1) is 6.92 Å². The minimum Gasteiger partial charge on any atom is -0.352 e. The molecule has 7 nitrogen and oxygen atoms in total. The molecule has 2 amide bonds. The van der Waals surface area contributed by atoms with Gasteiger partial charge >= 0.3 is 0 Å². The third-order valence-corrected chi connectivity index (χ3v) is 10.4. The third-order valence-electron chi connectivity index (χ3n) is 8.40. The number of halogens is 1. The van der Waals surface area contributed by atoms with E-state index in [-0.39, 0.29) is 35.5 Å². The van der Waals surface area contributed by atoms with Crippen LogP contribution in [0.15, 0.2) is 114 Å². The topological polar surface area (TPSA) is 86.8 Å². The summed E-state index contributed by atoms with van der Waals surface area (Å²) >= 11 is 6.32. The van der Waals surface area contributed by atoms with Gasteiger partial charge < -0.3 is 10.2 Å². The lowest BCUT2D eigenvalue weighted by molar-refractivity contribution is -0.140. The number of aryl methyl sites for hydroxylation is 1. The Morgan fingerprint density at radius 3 is 2.09 bits per heavy atom. The van der Waals surface area contributed by atoms with E-state index in [9.17, 15) is 18.0 Å². The molecular weight excluding hydrogens is 618 g/mol. The monoisotopic (exact) mass is 657 g/mol. The average Bonchev–Trinajstić information content (AvgIpc) is 3.06. The van der Waals surface area contributed by atoms with Crippen LogP contribution in [-0.2, 0) is 32.6 Å². The molecule has 4 aromatic rings. The average molecular weight is 658 g/mol. The zero-order valence-corrected chi connectivity index (χ0v) is 27.6. The summed E-state index contributed by atoms with van der Waals surface area (Å²) in [5.41, 5.74) is 2.89. The Kier molecular flexibility index (Phi) is 11.1. The van der Waals surface area contributed by atoms with Crippen molar-refractivity contribution in [3.63, 3.8) is 0 Å². The SMILES string of the molecule is Cc1ccc(S(=O)(=O)N(CC(=O)N(Cc2ccccc2)[C@@H](Cc2ccccc2)C(=O)NC2CCCCC2)c2cccc(Cl)c2)cc1. The van der Waals surface area contributed by atoms with Crippen molar-refractivity contribution in [2.24, 2.45) is 0 Å². The van der Waals surface area contributed by atoms with Crippen molar-refractivity contribution in [2.45, 2.75) is 69.0 Å². The number of benzene rings is 4. The van der Waals surface area contributed by atoms with Gasteiger partial charge in [-0.05, 0) is 61.2 Å². The normalized spacial score (nSPS) is 14.3. The molecule has 5 rings (SSSR count). The van der Waals surface area contributed by atoms with E-state index in [1.54, 1.807) is 30.3 Å². The maximum Gasteiger partial charge on any atom is 0.264 e. The maximum atomic E-state index is 14.6. The number of anilines is 1. The molecule has 1 atom stereocenters. The van der Waals surface area contributed by atoms with Crippen LogP contribution in [0.2, 0.25) is 5.02 Å². The van der Waals surface area contributed by atoms with Crippen molar-refractivity contribution in [1.82, 2.24) is 10.2 Å². The molecule has 0 aromatic heterocycles. The van der Waals surface area contributed by atoms with Crippen molar-refractivity contribution >= 4 is 39.1 Å². The summed E-state index contributed by atoms with van der Waals surface area (Å²) in [4.78, 5) is 30.3. The highest BCUT2D eigenvalue weighted by Gasteiger charge is 2.35. The number of amides is 2. The lowest BCUT2D eigenvalue weighted by Gasteiger charge is -2.35. The molecule has 1 aliphatic carbocycles. The number of sulfonamides is 1. The summed E-state index contributed by atoms with van der Waals surface area (Å²) in [5, 5.41) is 3.57. The molecule has 0 saturated heterocycles. The van der Waals surface area contributed by atoms with E-state index in [1.807, 2.05) is 67.6 Å². The van der Waals surface area contributed by atoms with Gasteiger partial charge in [0.05, 0.1) is 10.6 Å². The van der Waals surface area contributed by atoms with Crippen LogP contribution in [0.3, 0.4) is 0 Å². The van der Waals surface area contributed by atoms with Crippen LogP contribution in [-0.4, -0.2) is 43.8 Å². The number of rotatable bonds is 12. The summed E-state index contributed by atoms with van der Waals surface area (Å²) < 4.78 is 29.4. The Morgan fingerprint density at radius 2 is 1.46 bits per heavy atom. The van der Waals surface area contributed by atoms with E-state index in [4.69, 9.17) is 11.6 Å². The Labute approximate surface area is 277 Å². The molecule has 1 fully saturated rings. The molecule has 0 radical (unpaired) electrons. The molecule has 1 saturated carbocycles. The van der Waals surface area contributed by atoms with Crippen LogP contribution >= 0.6 is 11.6 Å². The number of carbonyl (C=O) groups is 2. The molecule has 0 aliphatic heterocycles. The van der Waals surface area contributed by atoms with Crippen LogP contribution in [0.5, 0.6) is 0 Å². The lowest BCUT2D eigenvalue weighted by Crippen LogP contribution is -2.55. The van der Waals surface area contributed by atoms with Gasteiger partial charge in [0.2, 0.25) is 11.8 Å². The van der Waals surface area contributed by atoms with Gasteiger partial charge in [0.25, 0.3) is 10.0 Å². The molecule has 46 heavy (non-hydrogen) atoms. The number of hydrogen-bond acceptors (Lipinski definition) is 4. The van der Waals surface area contributed by atoms with Crippen molar-refractivity contribution in [3.05, 3.63) is 131 Å². The summed E-state index contributed by atoms with van der Waals surface area (Å²) in [5.74, 6) is -0.741. The first kappa shape index (κ1) is 33.2. The number of carbonyl (C=O) groups excluding carboxylic acids is 2. The van der Waals surface area contributed by atoms with E-state index in [0.717, 1.165) is 53.1 Å². The van der Waals surface area contributed by atoms with Gasteiger partial charge in [-0.25, -0.2) is 8.42 Å². The highest BCUT2D eigenvalue weighted by atomic mass is 35.5. The fourth-order valence-electron chi connectivity index (χ4n) is 5.88. The highest BCUT2D eigenvalue weighted by molar-refractivity contribution is 7.92. The van der Waals surface area contributed by atoms with Gasteiger partial charge in [0.1, 0.15) is 12.6 Å². The highest BCUT2D eigenvalue weighted by Crippen LogP contribution is 2.28. The third kappa shape index (κ3) is 8.56. The zero-order chi connectivity index (χ0) is 32.5. The Hall–Kier alpha value is -4.14. The molecule has 0 bridgehead atoms. The van der Waals surface area contributed by atoms with Crippen molar-refractivity contribution in [1.29, 1.82) is 0 Å². The van der Waals surface area contributed by atoms with Crippen LogP contribution in [0.25, 0.3) is 0 Å². The molecule has 0 spiro atoms. The largest absolute Gasteiger partial charge is 0.352 e. The second kappa shape index (κ2) is 15.4. The fourth-order valence-corrected chi connectivity index (χ4v) is 7.47. The minimum atomic E-state index is -4.19. The van der Waals surface area contributed by atoms with Gasteiger partial charge in [0.15, 0.2) is 0 Å². The van der Waals surface area contributed by atoms with Gasteiger partial charge in [0, 0.05) is 24.0 Å². The van der Waals surface area contributed by atoms with Crippen molar-refractivity contribution < 1.29 is 18.0 Å². The predicted molar refractivity (Wildman–Crippen MR) is 183 cm³/mol. The van der Waals surface area contributed by atoms with E-state index < -0.39 is 28.5 Å². The standard InChI is InChI=1S/C37H40ClN3O4S/c1-28-20-22-34(23-21-28)46(44,45)41(33-19-11-16-31(38)25-33)27-36(42)40(26-30-14-7-3-8-15-30)35(24-29-12-5-2-6-13-29)37(43)39-32-17-9-4-10-18-32/h2-3,5-8,11-16,19-23,25,32,35H,4,9-10,17-18,24,26-27H2,1H3,(H,39,43)/t35-/m0/s1. The van der Waals surface area contributed by atoms with E-state index in [0.29, 0.717) is 5.02 Å². The van der Waals surface area contributed by atoms with Crippen LogP contribution in [0.1, 0.15) is 48.8 Å². The first-order valence-electron chi connectivity index (χ1n) is 15.7. The predicted octanol–water partition coefficient (Wildman–Crippen LogP) is 6.93. The maximum absolute atomic E-state index is 14.6. The first-order chi connectivity index (χ1) is 22.2. The summed E-state index contributed by atoms with van der Waals surface area (Å²) in [6.45, 7) is 1.48. The molecule has 240 valence electrons. The Morgan fingerprint density at radius 1 is 0.826 bits per heavy atom. The summed E-state index contributed by atoms with van der Waals surface area (Å²) in [7, 11) is -4.19. The Balaban J connectivity index is 1.55. The van der Waals surface area contributed by atoms with Gasteiger partial charge in [-0.1, -0.05) is 115 Å². The van der Waals surface area contributed by atoms with Crippen molar-refractivity contribution in [2.75, 3.05) is 10.8 Å². The van der Waals surface area contributed by atoms with Gasteiger partial charge in [-0.3, -0.25) is 13.9 Å². The molecule has 0 heterocycles. The van der Waals surface area contributed by atoms with Crippen LogP contribution < -0.4 is 9.62 Å². The number of nitrogens with one attached hydrogen (secondary N) is 1. The molecular formula is C37H40ClN3O4S. The molecule has 1 N–H and O–H groups in total. The summed E-state index contributed by atoms with van der Waals surface area (Å²) in [6.07, 6.45) is 5.31. The molecule has 0 unspecified atom stereocenters. The minimum absolute atomic E-state index is 0.0399. The second-order valence-corrected chi connectivity index (χ2v) is 14.2. The second-order valence-electron chi connectivity index (χ2n) is 11.9. The number of hydrogen-bond donors (Lipinski definition) is 1. The summed E-state index contributed by atoms with van der Waals surface area (Å²) in [6, 6.07) is 31.2. The van der Waals surface area contributed by atoms with Crippen molar-refractivity contribution in [3.8, 4) is 0 Å². The quantitative estimate of drug-likeness (QED) is 0.179. The number of nitrogens with zero attached hydrogens (tertiary/aromatic N) is 2. The zero-order valence-electron chi connectivity index (χ0n) is 26.0. The van der Waals surface area contributed by atoms with E-state index >= 15 is 0 Å². The van der Waals surface area contributed by atoms with Crippen LogP contribution in [0.4, 0.5) is 5.69 Å². The molecule has 9 heteroatoms. The van der Waals surface area contributed by atoms with Gasteiger partial charge in [-0.15, -0.1) is 0 Å². The smallest absolute Gasteiger partial charge is 0.264 e. The first-order valence-corrected chi connectivity index (χ1v) is 17.6. The lowest BCUT2D eigenvalue weighted by atomic mass is 9.94. The van der Waals surface area contributed by atoms with Gasteiger partial charge in [-0.2, -0.15) is 0 Å². The van der Waals surface area contributed by atoms with E-state index in [2.05, 4.69) is 5.32 Å². The van der Waals surface area contributed by atoms with E-state index in [1.165, 1.54) is 23.1 Å². The molecule has 1 aliphatic rings. The molecule has 4 aromatic carbocycles. The Bertz CT molecular complexity index is 1710.